The van der Waals surface area contributed by atoms with Gasteiger partial charge in [-0.1, -0.05) is 0 Å². The van der Waals surface area contributed by atoms with Gasteiger partial charge in [0.15, 0.2) is 0 Å². The van der Waals surface area contributed by atoms with E-state index in [1.54, 1.807) is 0 Å². The second-order valence-electron chi connectivity index (χ2n) is 3.24. The Bertz CT molecular complexity index is 220. The highest BCUT2D eigenvalue weighted by molar-refractivity contribution is 5.76. The van der Waals surface area contributed by atoms with Crippen LogP contribution < -0.4 is 11.2 Å². The van der Waals surface area contributed by atoms with E-state index >= 15 is 0 Å². The number of hydrazine groups is 1. The number of nitrogens with two attached hydrogens (primary N) is 1. The average molecular weight is 218 g/mol. The SMILES string of the molecule is CN(C)C(=O)NN(CCCCN)C(=O)O. The van der Waals surface area contributed by atoms with Gasteiger partial charge in [-0.15, -0.1) is 0 Å². The Morgan fingerprint density at radius 2 is 1.93 bits per heavy atom. The second kappa shape index (κ2) is 6.88. The molecule has 0 aliphatic rings. The van der Waals surface area contributed by atoms with Gasteiger partial charge < -0.3 is 15.7 Å². The standard InChI is InChI=1S/C8H18N4O3/c1-11(2)7(13)10-12(8(14)15)6-4-3-5-9/h3-6,9H2,1-2H3,(H,10,13)(H,14,15). The molecule has 88 valence electrons. The summed E-state index contributed by atoms with van der Waals surface area (Å²) in [6.07, 6.45) is 0.167. The molecule has 0 fully saturated rings. The summed E-state index contributed by atoms with van der Waals surface area (Å²) in [5.41, 5.74) is 7.53. The van der Waals surface area contributed by atoms with Crippen molar-refractivity contribution in [3.8, 4) is 0 Å². The van der Waals surface area contributed by atoms with Gasteiger partial charge in [0.1, 0.15) is 0 Å². The minimum Gasteiger partial charge on any atom is -0.464 e. The number of carbonyl (C=O) groups is 2. The highest BCUT2D eigenvalue weighted by Gasteiger charge is 2.14. The third-order valence-corrected chi connectivity index (χ3v) is 1.70. The maximum absolute atomic E-state index is 11.2. The van der Waals surface area contributed by atoms with Crippen LogP contribution in [0.25, 0.3) is 0 Å². The Hall–Kier alpha value is -1.50. The van der Waals surface area contributed by atoms with Gasteiger partial charge in [0.2, 0.25) is 0 Å². The van der Waals surface area contributed by atoms with Crippen LogP contribution in [0, 0.1) is 0 Å². The number of nitrogens with one attached hydrogen (secondary N) is 1. The topological polar surface area (TPSA) is 98.9 Å². The monoisotopic (exact) mass is 218 g/mol. The molecular weight excluding hydrogens is 200 g/mol. The molecule has 0 spiro atoms. The quantitative estimate of drug-likeness (QED) is 0.453. The highest BCUT2D eigenvalue weighted by Crippen LogP contribution is 1.93. The molecule has 0 atom stereocenters. The van der Waals surface area contributed by atoms with Crippen molar-refractivity contribution in [2.45, 2.75) is 12.8 Å². The molecule has 7 heteroatoms. The summed E-state index contributed by atoms with van der Waals surface area (Å²) < 4.78 is 0. The summed E-state index contributed by atoms with van der Waals surface area (Å²) in [4.78, 5) is 23.2. The molecule has 0 radical (unpaired) electrons. The van der Waals surface area contributed by atoms with Crippen LogP contribution in [0.5, 0.6) is 0 Å². The summed E-state index contributed by atoms with van der Waals surface area (Å²) in [5.74, 6) is 0. The summed E-state index contributed by atoms with van der Waals surface area (Å²) in [5, 5.41) is 9.62. The van der Waals surface area contributed by atoms with Crippen molar-refractivity contribution in [3.05, 3.63) is 0 Å². The minimum atomic E-state index is -1.18. The van der Waals surface area contributed by atoms with Crippen LogP contribution in [0.15, 0.2) is 0 Å². The van der Waals surface area contributed by atoms with Gasteiger partial charge in [-0.2, -0.15) is 0 Å². The third kappa shape index (κ3) is 5.74. The molecule has 0 unspecified atom stereocenters. The molecule has 7 nitrogen and oxygen atoms in total. The molecule has 0 heterocycles. The molecule has 0 aliphatic heterocycles. The molecule has 0 aromatic carbocycles. The first kappa shape index (κ1) is 13.5. The largest absolute Gasteiger partial charge is 0.464 e. The number of hydrogen-bond donors (Lipinski definition) is 3. The van der Waals surface area contributed by atoms with Crippen LogP contribution >= 0.6 is 0 Å². The van der Waals surface area contributed by atoms with Crippen LogP contribution in [-0.4, -0.2) is 54.3 Å². The molecule has 0 aliphatic carbocycles. The van der Waals surface area contributed by atoms with Gasteiger partial charge in [-0.05, 0) is 19.4 Å². The lowest BCUT2D eigenvalue weighted by Crippen LogP contribution is -2.49. The average Bonchev–Trinajstić information content (AvgIpc) is 2.15. The zero-order valence-electron chi connectivity index (χ0n) is 9.06. The Labute approximate surface area is 88.8 Å². The Morgan fingerprint density at radius 3 is 2.33 bits per heavy atom. The summed E-state index contributed by atoms with van der Waals surface area (Å²) >= 11 is 0. The predicted octanol–water partition coefficient (Wildman–Crippen LogP) is -0.108. The minimum absolute atomic E-state index is 0.242. The van der Waals surface area contributed by atoms with Crippen molar-refractivity contribution in [1.82, 2.24) is 15.3 Å². The van der Waals surface area contributed by atoms with Crippen LogP contribution in [0.1, 0.15) is 12.8 Å². The van der Waals surface area contributed by atoms with Crippen LogP contribution in [-0.2, 0) is 0 Å². The van der Waals surface area contributed by atoms with E-state index in [1.807, 2.05) is 0 Å². The molecule has 4 N–H and O–H groups in total. The maximum Gasteiger partial charge on any atom is 0.426 e. The summed E-state index contributed by atoms with van der Waals surface area (Å²) in [6.45, 7) is 0.751. The predicted molar refractivity (Wildman–Crippen MR) is 55.2 cm³/mol. The van der Waals surface area contributed by atoms with Gasteiger partial charge in [-0.3, -0.25) is 0 Å². The van der Waals surface area contributed by atoms with Gasteiger partial charge in [-0.25, -0.2) is 20.0 Å². The molecule has 3 amide bonds. The lowest BCUT2D eigenvalue weighted by Gasteiger charge is -2.22. The van der Waals surface area contributed by atoms with E-state index in [1.165, 1.54) is 19.0 Å². The van der Waals surface area contributed by atoms with Crippen LogP contribution in [0.2, 0.25) is 0 Å². The Kier molecular flexibility index (Phi) is 6.19. The zero-order valence-corrected chi connectivity index (χ0v) is 9.06. The Morgan fingerprint density at radius 1 is 1.33 bits per heavy atom. The fraction of sp³-hybridized carbons (Fsp3) is 0.750. The molecular formula is C8H18N4O3. The zero-order chi connectivity index (χ0) is 11.8. The highest BCUT2D eigenvalue weighted by atomic mass is 16.4. The van der Waals surface area contributed by atoms with Crippen molar-refractivity contribution >= 4 is 12.1 Å². The van der Waals surface area contributed by atoms with Crippen LogP contribution in [0.3, 0.4) is 0 Å². The van der Waals surface area contributed by atoms with Gasteiger partial charge in [0.25, 0.3) is 0 Å². The van der Waals surface area contributed by atoms with E-state index < -0.39 is 12.1 Å². The van der Waals surface area contributed by atoms with Crippen molar-refractivity contribution in [3.63, 3.8) is 0 Å². The number of hydrogen-bond acceptors (Lipinski definition) is 3. The summed E-state index contributed by atoms with van der Waals surface area (Å²) in [7, 11) is 3.07. The van der Waals surface area contributed by atoms with Gasteiger partial charge in [0, 0.05) is 20.6 Å². The van der Waals surface area contributed by atoms with E-state index in [2.05, 4.69) is 5.43 Å². The smallest absolute Gasteiger partial charge is 0.426 e. The molecule has 0 bridgehead atoms. The van der Waals surface area contributed by atoms with Crippen molar-refractivity contribution in [1.29, 1.82) is 0 Å². The second-order valence-corrected chi connectivity index (χ2v) is 3.24. The lowest BCUT2D eigenvalue weighted by atomic mass is 10.3. The first-order valence-corrected chi connectivity index (χ1v) is 4.67. The number of urea groups is 1. The van der Waals surface area contributed by atoms with Crippen LogP contribution in [0.4, 0.5) is 9.59 Å². The van der Waals surface area contributed by atoms with E-state index in [9.17, 15) is 9.59 Å². The number of nitrogens with zero attached hydrogens (tertiary/aromatic N) is 2. The maximum atomic E-state index is 11.2. The van der Waals surface area contributed by atoms with Gasteiger partial charge >= 0.3 is 12.1 Å². The van der Waals surface area contributed by atoms with Crippen molar-refractivity contribution < 1.29 is 14.7 Å². The number of rotatable bonds is 4. The molecule has 0 saturated heterocycles. The molecule has 0 aromatic heterocycles. The normalized spacial score (nSPS) is 9.53. The molecule has 0 rings (SSSR count). The molecule has 0 aromatic rings. The van der Waals surface area contributed by atoms with E-state index in [-0.39, 0.29) is 6.54 Å². The number of carboxylic acid groups (broad SMARTS) is 1. The van der Waals surface area contributed by atoms with E-state index in [4.69, 9.17) is 10.8 Å². The van der Waals surface area contributed by atoms with Crippen molar-refractivity contribution in [2.75, 3.05) is 27.2 Å². The van der Waals surface area contributed by atoms with E-state index in [0.717, 1.165) is 11.4 Å². The number of carbonyl (C=O) groups excluding carboxylic acids is 1. The summed E-state index contributed by atoms with van der Waals surface area (Å²) in [6, 6.07) is -0.467. The fourth-order valence-corrected chi connectivity index (χ4v) is 0.829. The molecule has 15 heavy (non-hydrogen) atoms. The van der Waals surface area contributed by atoms with E-state index in [0.29, 0.717) is 13.0 Å². The number of amides is 3. The van der Waals surface area contributed by atoms with Gasteiger partial charge in [0.05, 0.1) is 0 Å². The Balaban J connectivity index is 4.05. The number of unbranched alkanes of at least 4 members (excludes halogenated alkanes) is 1. The lowest BCUT2D eigenvalue weighted by molar-refractivity contribution is 0.117. The fourth-order valence-electron chi connectivity index (χ4n) is 0.829. The third-order valence-electron chi connectivity index (χ3n) is 1.70. The first-order valence-electron chi connectivity index (χ1n) is 4.67. The molecule has 0 saturated carbocycles. The first-order chi connectivity index (χ1) is 6.99. The van der Waals surface area contributed by atoms with Crippen molar-refractivity contribution in [2.24, 2.45) is 5.73 Å².